The number of methoxy groups -OCH3 is 1. The maximum absolute atomic E-state index is 13.2. The van der Waals surface area contributed by atoms with Gasteiger partial charge in [0.05, 0.1) is 35.1 Å². The number of amides is 2. The third kappa shape index (κ3) is 5.86. The molecule has 5 nitrogen and oxygen atoms in total. The van der Waals surface area contributed by atoms with Gasteiger partial charge in [0.15, 0.2) is 0 Å². The second-order valence-corrected chi connectivity index (χ2v) is 7.83. The van der Waals surface area contributed by atoms with Gasteiger partial charge in [0, 0.05) is 11.8 Å². The van der Waals surface area contributed by atoms with E-state index in [0.29, 0.717) is 23.1 Å². The Morgan fingerprint density at radius 3 is 1.94 bits per heavy atom. The molecule has 12 heteroatoms. The summed E-state index contributed by atoms with van der Waals surface area (Å²) in [5.41, 5.74) is -3.75. The number of hydrogen-bond acceptors (Lipinski definition) is 5. The van der Waals surface area contributed by atoms with Crippen LogP contribution in [0.5, 0.6) is 0 Å². The van der Waals surface area contributed by atoms with E-state index >= 15 is 0 Å². The van der Waals surface area contributed by atoms with Crippen molar-refractivity contribution in [3.05, 3.63) is 58.7 Å². The third-order valence-electron chi connectivity index (χ3n) is 4.33. The largest absolute Gasteiger partial charge is 0.465 e. The molecule has 0 saturated carbocycles. The summed E-state index contributed by atoms with van der Waals surface area (Å²) in [5.74, 6) is -3.05. The molecule has 0 spiro atoms. The highest BCUT2D eigenvalue weighted by atomic mass is 32.2. The molecule has 0 aliphatic carbocycles. The molecule has 2 amide bonds. The van der Waals surface area contributed by atoms with E-state index in [1.54, 1.807) is 6.92 Å². The Hall–Kier alpha value is -3.02. The molecule has 0 radical (unpaired) electrons. The SMILES string of the molecule is CCSc1cc(C(F)(F)F)ccc1C(=O)N(C(C)=O)c1ccc(C(F)(F)F)cc1C(=O)OC. The summed E-state index contributed by atoms with van der Waals surface area (Å²) in [6, 6.07) is 4.03. The first-order valence-electron chi connectivity index (χ1n) is 9.21. The fourth-order valence-corrected chi connectivity index (χ4v) is 3.71. The Labute approximate surface area is 188 Å². The van der Waals surface area contributed by atoms with Gasteiger partial charge in [-0.05, 0) is 42.2 Å². The first-order chi connectivity index (χ1) is 15.2. The van der Waals surface area contributed by atoms with Crippen LogP contribution in [0.2, 0.25) is 0 Å². The van der Waals surface area contributed by atoms with Crippen molar-refractivity contribution in [2.75, 3.05) is 17.8 Å². The van der Waals surface area contributed by atoms with Crippen LogP contribution in [0, 0.1) is 0 Å². The van der Waals surface area contributed by atoms with Crippen molar-refractivity contribution < 1.29 is 45.5 Å². The van der Waals surface area contributed by atoms with Crippen molar-refractivity contribution in [3.8, 4) is 0 Å². The van der Waals surface area contributed by atoms with Gasteiger partial charge in [0.25, 0.3) is 5.91 Å². The number of imide groups is 1. The van der Waals surface area contributed by atoms with Crippen LogP contribution < -0.4 is 4.90 Å². The molecular formula is C21H17F6NO4S. The second kappa shape index (κ2) is 9.86. The molecule has 2 aromatic rings. The van der Waals surface area contributed by atoms with Crippen LogP contribution in [-0.2, 0) is 21.9 Å². The lowest BCUT2D eigenvalue weighted by Gasteiger charge is -2.24. The monoisotopic (exact) mass is 493 g/mol. The van der Waals surface area contributed by atoms with Crippen molar-refractivity contribution in [1.29, 1.82) is 0 Å². The maximum Gasteiger partial charge on any atom is 0.416 e. The number of benzene rings is 2. The molecule has 0 aliphatic rings. The zero-order chi connectivity index (χ0) is 25.1. The zero-order valence-electron chi connectivity index (χ0n) is 17.4. The van der Waals surface area contributed by atoms with Gasteiger partial charge in [0.2, 0.25) is 5.91 Å². The van der Waals surface area contributed by atoms with Crippen LogP contribution >= 0.6 is 11.8 Å². The number of carbonyl (C=O) groups excluding carboxylic acids is 3. The number of alkyl halides is 6. The topological polar surface area (TPSA) is 63.7 Å². The Balaban J connectivity index is 2.70. The molecule has 0 aromatic heterocycles. The van der Waals surface area contributed by atoms with E-state index in [1.165, 1.54) is 0 Å². The Bertz CT molecular complexity index is 1080. The molecule has 0 unspecified atom stereocenters. The number of esters is 1. The molecule has 0 heterocycles. The first-order valence-corrected chi connectivity index (χ1v) is 10.2. The Morgan fingerprint density at radius 2 is 1.45 bits per heavy atom. The fraction of sp³-hybridized carbons (Fsp3) is 0.286. The predicted octanol–water partition coefficient (Wildman–Crippen LogP) is 5.82. The lowest BCUT2D eigenvalue weighted by Crippen LogP contribution is -2.37. The summed E-state index contributed by atoms with van der Waals surface area (Å²) < 4.78 is 83.2. The van der Waals surface area contributed by atoms with Crippen molar-refractivity contribution in [2.45, 2.75) is 31.1 Å². The molecule has 0 bridgehead atoms. The molecule has 33 heavy (non-hydrogen) atoms. The predicted molar refractivity (Wildman–Crippen MR) is 108 cm³/mol. The molecule has 178 valence electrons. The summed E-state index contributed by atoms with van der Waals surface area (Å²) in [6.07, 6.45) is -9.51. The highest BCUT2D eigenvalue weighted by molar-refractivity contribution is 7.99. The van der Waals surface area contributed by atoms with Crippen molar-refractivity contribution >= 4 is 35.2 Å². The van der Waals surface area contributed by atoms with Crippen LogP contribution in [0.15, 0.2) is 41.3 Å². The number of nitrogens with zero attached hydrogens (tertiary/aromatic N) is 1. The Morgan fingerprint density at radius 1 is 0.909 bits per heavy atom. The minimum Gasteiger partial charge on any atom is -0.465 e. The summed E-state index contributed by atoms with van der Waals surface area (Å²) >= 11 is 0.906. The van der Waals surface area contributed by atoms with E-state index in [4.69, 9.17) is 0 Å². The highest BCUT2D eigenvalue weighted by Crippen LogP contribution is 2.36. The summed E-state index contributed by atoms with van der Waals surface area (Å²) in [6.45, 7) is 2.56. The number of ether oxygens (including phenoxy) is 1. The minimum atomic E-state index is -4.83. The molecule has 0 atom stereocenters. The van der Waals surface area contributed by atoms with E-state index in [1.807, 2.05) is 0 Å². The smallest absolute Gasteiger partial charge is 0.416 e. The minimum absolute atomic E-state index is 0.0879. The molecule has 0 aliphatic heterocycles. The van der Waals surface area contributed by atoms with Crippen molar-refractivity contribution in [1.82, 2.24) is 0 Å². The number of thioether (sulfide) groups is 1. The third-order valence-corrected chi connectivity index (χ3v) is 5.26. The number of halogens is 6. The van der Waals surface area contributed by atoms with Gasteiger partial charge < -0.3 is 4.74 Å². The molecule has 2 rings (SSSR count). The van der Waals surface area contributed by atoms with Gasteiger partial charge in [-0.3, -0.25) is 9.59 Å². The van der Waals surface area contributed by atoms with Crippen LogP contribution in [-0.4, -0.2) is 30.6 Å². The van der Waals surface area contributed by atoms with E-state index in [0.717, 1.165) is 44.0 Å². The normalized spacial score (nSPS) is 11.8. The number of anilines is 1. The van der Waals surface area contributed by atoms with Gasteiger partial charge >= 0.3 is 18.3 Å². The van der Waals surface area contributed by atoms with E-state index in [-0.39, 0.29) is 16.2 Å². The summed E-state index contributed by atoms with van der Waals surface area (Å²) in [7, 11) is 0.901. The highest BCUT2D eigenvalue weighted by Gasteiger charge is 2.36. The molecule has 2 aromatic carbocycles. The van der Waals surface area contributed by atoms with Crippen LogP contribution in [0.25, 0.3) is 0 Å². The molecule has 0 N–H and O–H groups in total. The van der Waals surface area contributed by atoms with Crippen LogP contribution in [0.4, 0.5) is 32.0 Å². The van der Waals surface area contributed by atoms with E-state index in [2.05, 4.69) is 4.74 Å². The van der Waals surface area contributed by atoms with Gasteiger partial charge in [-0.2, -0.15) is 26.3 Å². The number of hydrogen-bond donors (Lipinski definition) is 0. The maximum atomic E-state index is 13.2. The lowest BCUT2D eigenvalue weighted by atomic mass is 10.0. The second-order valence-electron chi connectivity index (χ2n) is 6.52. The average Bonchev–Trinajstić information content (AvgIpc) is 2.72. The first kappa shape index (κ1) is 26.2. The Kier molecular flexibility index (Phi) is 7.83. The van der Waals surface area contributed by atoms with E-state index < -0.39 is 52.5 Å². The molecule has 0 fully saturated rings. The van der Waals surface area contributed by atoms with Gasteiger partial charge in [-0.1, -0.05) is 6.92 Å². The molecular weight excluding hydrogens is 476 g/mol. The molecule has 0 saturated heterocycles. The summed E-state index contributed by atoms with van der Waals surface area (Å²) in [5, 5.41) is 0. The number of carbonyl (C=O) groups is 3. The van der Waals surface area contributed by atoms with E-state index in [9.17, 15) is 40.7 Å². The number of rotatable bonds is 5. The quantitative estimate of drug-likeness (QED) is 0.299. The van der Waals surface area contributed by atoms with Gasteiger partial charge in [0.1, 0.15) is 0 Å². The van der Waals surface area contributed by atoms with Crippen molar-refractivity contribution in [2.24, 2.45) is 0 Å². The fourth-order valence-electron chi connectivity index (χ4n) is 2.87. The lowest BCUT2D eigenvalue weighted by molar-refractivity contribution is -0.138. The van der Waals surface area contributed by atoms with Gasteiger partial charge in [-0.15, -0.1) is 11.8 Å². The standard InChI is InChI=1S/C21H17F6NO4S/c1-4-33-17-10-13(21(25,26)27)5-7-14(17)18(30)28(11(2)29)16-8-6-12(20(22,23)24)9-15(16)19(31)32-3/h5-10H,4H2,1-3H3. The van der Waals surface area contributed by atoms with Gasteiger partial charge in [-0.25, -0.2) is 9.69 Å². The summed E-state index contributed by atoms with van der Waals surface area (Å²) in [4.78, 5) is 38.1. The average molecular weight is 493 g/mol. The zero-order valence-corrected chi connectivity index (χ0v) is 18.2. The van der Waals surface area contributed by atoms with Crippen LogP contribution in [0.3, 0.4) is 0 Å². The van der Waals surface area contributed by atoms with Crippen molar-refractivity contribution in [3.63, 3.8) is 0 Å². The van der Waals surface area contributed by atoms with Crippen LogP contribution in [0.1, 0.15) is 45.7 Å².